The van der Waals surface area contributed by atoms with Gasteiger partial charge in [-0.3, -0.25) is 4.79 Å². The van der Waals surface area contributed by atoms with Crippen molar-refractivity contribution in [3.63, 3.8) is 0 Å². The summed E-state index contributed by atoms with van der Waals surface area (Å²) >= 11 is 5.99. The fourth-order valence-corrected chi connectivity index (χ4v) is 2.66. The lowest BCUT2D eigenvalue weighted by molar-refractivity contribution is -0.134. The minimum Gasteiger partial charge on any atom is -0.482 e. The van der Waals surface area contributed by atoms with Crippen LogP contribution in [0.1, 0.15) is 12.8 Å². The average Bonchev–Trinajstić information content (AvgIpc) is 2.47. The number of nitrogens with one attached hydrogen (secondary N) is 1. The van der Waals surface area contributed by atoms with Gasteiger partial charge in [-0.2, -0.15) is 0 Å². The molecule has 1 N–H and O–H groups in total. The maximum atomic E-state index is 12.1. The van der Waals surface area contributed by atoms with Crippen molar-refractivity contribution in [3.8, 4) is 5.75 Å². The molecule has 1 aromatic carbocycles. The zero-order valence-electron chi connectivity index (χ0n) is 12.2. The van der Waals surface area contributed by atoms with Crippen LogP contribution in [0.3, 0.4) is 0 Å². The number of para-hydroxylation sites is 1. The molecule has 0 radical (unpaired) electrons. The highest BCUT2D eigenvalue weighted by molar-refractivity contribution is 6.32. The van der Waals surface area contributed by atoms with Crippen molar-refractivity contribution >= 4 is 29.9 Å². The third-order valence-corrected chi connectivity index (χ3v) is 3.96. The van der Waals surface area contributed by atoms with Gasteiger partial charge in [0, 0.05) is 13.1 Å². The van der Waals surface area contributed by atoms with Gasteiger partial charge in [0.05, 0.1) is 5.02 Å². The molecule has 0 spiro atoms. The number of carbonyl (C=O) groups is 1. The van der Waals surface area contributed by atoms with Crippen LogP contribution in [0.4, 0.5) is 0 Å². The molecule has 2 rings (SSSR count). The summed E-state index contributed by atoms with van der Waals surface area (Å²) in [6, 6.07) is 7.21. The first-order chi connectivity index (χ1) is 9.70. The largest absolute Gasteiger partial charge is 0.482 e. The van der Waals surface area contributed by atoms with Gasteiger partial charge < -0.3 is 15.0 Å². The second kappa shape index (κ2) is 9.13. The van der Waals surface area contributed by atoms with Gasteiger partial charge in [-0.05, 0) is 44.5 Å². The molecular weight excluding hydrogens is 311 g/mol. The molecule has 1 aliphatic heterocycles. The highest BCUT2D eigenvalue weighted by Gasteiger charge is 2.22. The summed E-state index contributed by atoms with van der Waals surface area (Å²) in [5.41, 5.74) is 0. The Morgan fingerprint density at radius 1 is 1.38 bits per heavy atom. The second-order valence-electron chi connectivity index (χ2n) is 5.10. The minimum absolute atomic E-state index is 0. The molecule has 0 atom stereocenters. The summed E-state index contributed by atoms with van der Waals surface area (Å²) in [6.45, 7) is 2.71. The molecule has 21 heavy (non-hydrogen) atoms. The first-order valence-electron chi connectivity index (χ1n) is 7.00. The van der Waals surface area contributed by atoms with Crippen molar-refractivity contribution in [2.75, 3.05) is 33.3 Å². The maximum absolute atomic E-state index is 12.1. The van der Waals surface area contributed by atoms with Crippen LogP contribution in [0.25, 0.3) is 0 Å². The Balaban J connectivity index is 0.00000220. The Morgan fingerprint density at radius 3 is 2.67 bits per heavy atom. The van der Waals surface area contributed by atoms with Crippen molar-refractivity contribution in [1.82, 2.24) is 10.2 Å². The van der Waals surface area contributed by atoms with Gasteiger partial charge in [-0.15, -0.1) is 12.4 Å². The molecule has 1 saturated heterocycles. The van der Waals surface area contributed by atoms with Crippen molar-refractivity contribution in [2.45, 2.75) is 12.8 Å². The third kappa shape index (κ3) is 5.38. The first-order valence-corrected chi connectivity index (χ1v) is 7.38. The van der Waals surface area contributed by atoms with E-state index >= 15 is 0 Å². The van der Waals surface area contributed by atoms with Crippen molar-refractivity contribution in [1.29, 1.82) is 0 Å². The predicted molar refractivity (Wildman–Crippen MR) is 87.4 cm³/mol. The van der Waals surface area contributed by atoms with E-state index in [4.69, 9.17) is 16.3 Å². The van der Waals surface area contributed by atoms with E-state index in [9.17, 15) is 4.79 Å². The van der Waals surface area contributed by atoms with Crippen molar-refractivity contribution in [2.24, 2.45) is 5.92 Å². The molecule has 0 bridgehead atoms. The molecule has 1 amide bonds. The molecule has 4 nitrogen and oxygen atoms in total. The molecule has 1 heterocycles. The molecule has 1 fully saturated rings. The zero-order chi connectivity index (χ0) is 14.4. The molecule has 118 valence electrons. The van der Waals surface area contributed by atoms with Crippen LogP contribution in [0.15, 0.2) is 24.3 Å². The summed E-state index contributed by atoms with van der Waals surface area (Å²) < 4.78 is 5.49. The molecule has 0 saturated carbocycles. The van der Waals surface area contributed by atoms with E-state index in [0.29, 0.717) is 16.7 Å². The van der Waals surface area contributed by atoms with E-state index in [1.807, 2.05) is 24.1 Å². The van der Waals surface area contributed by atoms with Gasteiger partial charge in [0.25, 0.3) is 5.91 Å². The van der Waals surface area contributed by atoms with Gasteiger partial charge in [0.1, 0.15) is 5.75 Å². The van der Waals surface area contributed by atoms with Crippen LogP contribution in [0.5, 0.6) is 5.75 Å². The van der Waals surface area contributed by atoms with Crippen LogP contribution < -0.4 is 10.1 Å². The van der Waals surface area contributed by atoms with Gasteiger partial charge in [0.15, 0.2) is 6.61 Å². The van der Waals surface area contributed by atoms with Crippen molar-refractivity contribution in [3.05, 3.63) is 29.3 Å². The normalized spacial score (nSPS) is 15.4. The smallest absolute Gasteiger partial charge is 0.260 e. The second-order valence-corrected chi connectivity index (χ2v) is 5.51. The monoisotopic (exact) mass is 332 g/mol. The highest BCUT2D eigenvalue weighted by Crippen LogP contribution is 2.23. The van der Waals surface area contributed by atoms with Gasteiger partial charge >= 0.3 is 0 Å². The lowest BCUT2D eigenvalue weighted by Gasteiger charge is -2.31. The predicted octanol–water partition coefficient (Wildman–Crippen LogP) is 2.60. The Morgan fingerprint density at radius 2 is 2.05 bits per heavy atom. The molecule has 6 heteroatoms. The molecule has 0 aromatic heterocycles. The number of carbonyl (C=O) groups excluding carboxylic acids is 1. The summed E-state index contributed by atoms with van der Waals surface area (Å²) in [4.78, 5) is 14.0. The van der Waals surface area contributed by atoms with E-state index in [1.165, 1.54) is 0 Å². The number of rotatable bonds is 5. The third-order valence-electron chi connectivity index (χ3n) is 3.65. The summed E-state index contributed by atoms with van der Waals surface area (Å²) in [5, 5.41) is 3.73. The summed E-state index contributed by atoms with van der Waals surface area (Å²) in [7, 11) is 1.97. The Kier molecular flexibility index (Phi) is 7.86. The number of hydrogen-bond acceptors (Lipinski definition) is 3. The Hall–Kier alpha value is -0.970. The topological polar surface area (TPSA) is 41.6 Å². The average molecular weight is 333 g/mol. The maximum Gasteiger partial charge on any atom is 0.260 e. The summed E-state index contributed by atoms with van der Waals surface area (Å²) in [5.74, 6) is 1.27. The number of halogens is 2. The van der Waals surface area contributed by atoms with Crippen LogP contribution in [0.2, 0.25) is 5.02 Å². The number of likely N-dealkylation sites (tertiary alicyclic amines) is 1. The summed E-state index contributed by atoms with van der Waals surface area (Å²) in [6.07, 6.45) is 2.11. The fourth-order valence-electron chi connectivity index (χ4n) is 2.47. The van der Waals surface area contributed by atoms with Crippen LogP contribution in [0, 0.1) is 5.92 Å². The number of amides is 1. The number of piperidine rings is 1. The zero-order valence-corrected chi connectivity index (χ0v) is 13.8. The van der Waals surface area contributed by atoms with E-state index in [1.54, 1.807) is 12.1 Å². The minimum atomic E-state index is 0. The van der Waals surface area contributed by atoms with Crippen molar-refractivity contribution < 1.29 is 9.53 Å². The Labute approximate surface area is 137 Å². The number of hydrogen-bond donors (Lipinski definition) is 1. The van der Waals surface area contributed by atoms with Gasteiger partial charge in [0.2, 0.25) is 0 Å². The molecular formula is C15H22Cl2N2O2. The lowest BCUT2D eigenvalue weighted by Crippen LogP contribution is -2.42. The van der Waals surface area contributed by atoms with Gasteiger partial charge in [-0.1, -0.05) is 23.7 Å². The molecule has 1 aliphatic rings. The lowest BCUT2D eigenvalue weighted by atomic mass is 9.97. The number of ether oxygens (including phenoxy) is 1. The van der Waals surface area contributed by atoms with Crippen LogP contribution in [-0.2, 0) is 4.79 Å². The van der Waals surface area contributed by atoms with E-state index in [2.05, 4.69) is 5.32 Å². The molecule has 0 unspecified atom stereocenters. The van der Waals surface area contributed by atoms with Crippen LogP contribution >= 0.6 is 24.0 Å². The van der Waals surface area contributed by atoms with E-state index in [0.717, 1.165) is 32.5 Å². The number of benzene rings is 1. The standard InChI is InChI=1S/C15H21ClN2O2.ClH/c1-17-10-12-6-8-18(9-7-12)15(19)11-20-14-5-3-2-4-13(14)16;/h2-5,12,17H,6-11H2,1H3;1H. The quantitative estimate of drug-likeness (QED) is 0.901. The highest BCUT2D eigenvalue weighted by atomic mass is 35.5. The van der Waals surface area contributed by atoms with Crippen LogP contribution in [-0.4, -0.2) is 44.1 Å². The van der Waals surface area contributed by atoms with E-state index < -0.39 is 0 Å². The fraction of sp³-hybridized carbons (Fsp3) is 0.533. The SMILES string of the molecule is CNCC1CCN(C(=O)COc2ccccc2Cl)CC1.Cl. The first kappa shape index (κ1) is 18.1. The Bertz CT molecular complexity index is 449. The van der Waals surface area contributed by atoms with E-state index in [-0.39, 0.29) is 24.9 Å². The van der Waals surface area contributed by atoms with Gasteiger partial charge in [-0.25, -0.2) is 0 Å². The molecule has 0 aliphatic carbocycles. The molecule has 1 aromatic rings. The number of nitrogens with zero attached hydrogens (tertiary/aromatic N) is 1.